The highest BCUT2D eigenvalue weighted by Crippen LogP contribution is 2.40. The first kappa shape index (κ1) is 18.9. The summed E-state index contributed by atoms with van der Waals surface area (Å²) < 4.78 is 6.27. The lowest BCUT2D eigenvalue weighted by molar-refractivity contribution is -0.135. The van der Waals surface area contributed by atoms with Gasteiger partial charge in [0, 0.05) is 17.6 Å². The van der Waals surface area contributed by atoms with Crippen molar-refractivity contribution >= 4 is 11.6 Å². The largest absolute Gasteiger partial charge is 0.483 e. The molecule has 0 bridgehead atoms. The van der Waals surface area contributed by atoms with Crippen molar-refractivity contribution in [3.8, 4) is 0 Å². The summed E-state index contributed by atoms with van der Waals surface area (Å²) in [5, 5.41) is 0. The van der Waals surface area contributed by atoms with Gasteiger partial charge in [-0.3, -0.25) is 9.59 Å². The number of rotatable bonds is 4. The predicted octanol–water partition coefficient (Wildman–Crippen LogP) is 4.93. The second-order valence-electron chi connectivity index (χ2n) is 7.07. The SMILES string of the molecule is C=C/C=C\C=C1/CC(=O)C(=O)C2=C1OC(C)(/C=C(\C)C=C(C)C)CC2. The molecule has 0 amide bonds. The summed E-state index contributed by atoms with van der Waals surface area (Å²) in [4.78, 5) is 24.2. The van der Waals surface area contributed by atoms with Gasteiger partial charge < -0.3 is 4.74 Å². The van der Waals surface area contributed by atoms with Crippen LogP contribution < -0.4 is 0 Å². The van der Waals surface area contributed by atoms with Crippen molar-refractivity contribution in [3.63, 3.8) is 0 Å². The Morgan fingerprint density at radius 1 is 1.20 bits per heavy atom. The molecule has 1 unspecified atom stereocenters. The van der Waals surface area contributed by atoms with Crippen LogP contribution in [-0.4, -0.2) is 17.2 Å². The second kappa shape index (κ2) is 7.64. The maximum Gasteiger partial charge on any atom is 0.228 e. The summed E-state index contributed by atoms with van der Waals surface area (Å²) in [6.07, 6.45) is 12.6. The first-order valence-corrected chi connectivity index (χ1v) is 8.58. The maximum atomic E-state index is 12.2. The molecule has 2 aliphatic rings. The molecule has 0 N–H and O–H groups in total. The van der Waals surface area contributed by atoms with Crippen LogP contribution in [0.15, 0.2) is 71.1 Å². The summed E-state index contributed by atoms with van der Waals surface area (Å²) >= 11 is 0. The molecule has 3 heteroatoms. The van der Waals surface area contributed by atoms with Crippen molar-refractivity contribution in [1.82, 2.24) is 0 Å². The molecule has 1 heterocycles. The third-order valence-electron chi connectivity index (χ3n) is 4.24. The van der Waals surface area contributed by atoms with E-state index in [9.17, 15) is 9.59 Å². The van der Waals surface area contributed by atoms with Crippen molar-refractivity contribution in [2.24, 2.45) is 0 Å². The fourth-order valence-electron chi connectivity index (χ4n) is 3.28. The fourth-order valence-corrected chi connectivity index (χ4v) is 3.28. The third kappa shape index (κ3) is 4.56. The number of Topliss-reactive ketones (excluding diaryl/α,β-unsaturated/α-hetero) is 2. The third-order valence-corrected chi connectivity index (χ3v) is 4.24. The summed E-state index contributed by atoms with van der Waals surface area (Å²) in [6.45, 7) is 11.8. The number of allylic oxidation sites excluding steroid dienone is 9. The van der Waals surface area contributed by atoms with Crippen LogP contribution in [-0.2, 0) is 14.3 Å². The zero-order valence-corrected chi connectivity index (χ0v) is 15.5. The monoisotopic (exact) mass is 338 g/mol. The van der Waals surface area contributed by atoms with Gasteiger partial charge in [-0.15, -0.1) is 0 Å². The maximum absolute atomic E-state index is 12.2. The van der Waals surface area contributed by atoms with E-state index in [1.54, 1.807) is 12.2 Å². The van der Waals surface area contributed by atoms with Crippen molar-refractivity contribution in [1.29, 1.82) is 0 Å². The second-order valence-corrected chi connectivity index (χ2v) is 7.07. The number of hydrogen-bond donors (Lipinski definition) is 0. The van der Waals surface area contributed by atoms with E-state index in [0.717, 1.165) is 11.1 Å². The standard InChI is InChI=1S/C22H26O3/c1-6-7-8-9-17-13-19(23)20(24)18-10-11-22(5,25-21(17)18)14-16(4)12-15(2)3/h6-9,12,14H,1,10-11,13H2,2-5H3/b8-7-,16-14+,17-9+. The van der Waals surface area contributed by atoms with Crippen LogP contribution in [0.2, 0.25) is 0 Å². The van der Waals surface area contributed by atoms with Crippen molar-refractivity contribution in [2.75, 3.05) is 0 Å². The van der Waals surface area contributed by atoms with E-state index in [1.807, 2.05) is 26.0 Å². The average molecular weight is 338 g/mol. The number of ketones is 2. The Kier molecular flexibility index (Phi) is 5.78. The lowest BCUT2D eigenvalue weighted by Crippen LogP contribution is -2.36. The predicted molar refractivity (Wildman–Crippen MR) is 101 cm³/mol. The Balaban J connectivity index is 2.42. The van der Waals surface area contributed by atoms with E-state index in [-0.39, 0.29) is 12.2 Å². The molecule has 0 radical (unpaired) electrons. The van der Waals surface area contributed by atoms with Gasteiger partial charge in [-0.1, -0.05) is 48.1 Å². The Morgan fingerprint density at radius 2 is 1.92 bits per heavy atom. The van der Waals surface area contributed by atoms with Gasteiger partial charge in [-0.05, 0) is 46.6 Å². The Labute approximate surface area is 150 Å². The molecular formula is C22H26O3. The molecule has 2 rings (SSSR count). The summed E-state index contributed by atoms with van der Waals surface area (Å²) in [5.41, 5.74) is 3.14. The van der Waals surface area contributed by atoms with Crippen molar-refractivity contribution in [2.45, 2.75) is 52.6 Å². The fraction of sp³-hybridized carbons (Fsp3) is 0.364. The number of ether oxygens (including phenoxy) is 1. The smallest absolute Gasteiger partial charge is 0.228 e. The van der Waals surface area contributed by atoms with Gasteiger partial charge in [0.05, 0.1) is 0 Å². The van der Waals surface area contributed by atoms with Gasteiger partial charge in [0.1, 0.15) is 11.4 Å². The normalized spacial score (nSPS) is 25.9. The van der Waals surface area contributed by atoms with E-state index in [2.05, 4.69) is 32.6 Å². The molecule has 132 valence electrons. The summed E-state index contributed by atoms with van der Waals surface area (Å²) in [6, 6.07) is 0. The highest BCUT2D eigenvalue weighted by molar-refractivity contribution is 6.45. The lowest BCUT2D eigenvalue weighted by Gasteiger charge is -2.37. The molecule has 0 saturated heterocycles. The molecule has 0 spiro atoms. The Morgan fingerprint density at radius 3 is 2.56 bits per heavy atom. The first-order valence-electron chi connectivity index (χ1n) is 8.58. The van der Waals surface area contributed by atoms with E-state index in [4.69, 9.17) is 4.74 Å². The average Bonchev–Trinajstić information content (AvgIpc) is 2.51. The minimum absolute atomic E-state index is 0.0892. The Hall–Kier alpha value is -2.42. The highest BCUT2D eigenvalue weighted by atomic mass is 16.5. The van der Waals surface area contributed by atoms with Crippen LogP contribution in [0.3, 0.4) is 0 Å². The van der Waals surface area contributed by atoms with Crippen LogP contribution in [0.5, 0.6) is 0 Å². The van der Waals surface area contributed by atoms with Gasteiger partial charge in [-0.2, -0.15) is 0 Å². The van der Waals surface area contributed by atoms with Gasteiger partial charge in [0.25, 0.3) is 0 Å². The zero-order valence-electron chi connectivity index (χ0n) is 15.5. The van der Waals surface area contributed by atoms with Crippen LogP contribution in [0.4, 0.5) is 0 Å². The minimum Gasteiger partial charge on any atom is -0.483 e. The van der Waals surface area contributed by atoms with E-state index in [0.29, 0.717) is 24.2 Å². The molecule has 1 aliphatic heterocycles. The van der Waals surface area contributed by atoms with Crippen LogP contribution in [0, 0.1) is 0 Å². The molecular weight excluding hydrogens is 312 g/mol. The molecule has 0 aromatic carbocycles. The van der Waals surface area contributed by atoms with E-state index in [1.165, 1.54) is 5.57 Å². The molecule has 25 heavy (non-hydrogen) atoms. The van der Waals surface area contributed by atoms with Crippen molar-refractivity contribution < 1.29 is 14.3 Å². The summed E-state index contributed by atoms with van der Waals surface area (Å²) in [7, 11) is 0. The van der Waals surface area contributed by atoms with E-state index < -0.39 is 11.4 Å². The van der Waals surface area contributed by atoms with Gasteiger partial charge in [0.15, 0.2) is 0 Å². The molecule has 1 aliphatic carbocycles. The van der Waals surface area contributed by atoms with Gasteiger partial charge in [-0.25, -0.2) is 0 Å². The number of carbonyl (C=O) groups excluding carboxylic acids is 2. The zero-order chi connectivity index (χ0) is 18.6. The van der Waals surface area contributed by atoms with Gasteiger partial charge >= 0.3 is 0 Å². The van der Waals surface area contributed by atoms with E-state index >= 15 is 0 Å². The Bertz CT molecular complexity index is 752. The molecule has 0 aromatic rings. The van der Waals surface area contributed by atoms with Crippen LogP contribution in [0.25, 0.3) is 0 Å². The lowest BCUT2D eigenvalue weighted by atomic mass is 9.82. The number of hydrogen-bond acceptors (Lipinski definition) is 3. The van der Waals surface area contributed by atoms with Crippen LogP contribution in [0.1, 0.15) is 47.0 Å². The minimum atomic E-state index is -0.489. The molecule has 0 saturated carbocycles. The first-order chi connectivity index (χ1) is 11.8. The topological polar surface area (TPSA) is 43.4 Å². The quantitative estimate of drug-likeness (QED) is 0.539. The highest BCUT2D eigenvalue weighted by Gasteiger charge is 2.39. The molecule has 1 atom stereocenters. The molecule has 0 fully saturated rings. The molecule has 3 nitrogen and oxygen atoms in total. The summed E-state index contributed by atoms with van der Waals surface area (Å²) in [5.74, 6) is -0.180. The molecule has 0 aromatic heterocycles. The number of carbonyl (C=O) groups is 2. The van der Waals surface area contributed by atoms with Crippen molar-refractivity contribution in [3.05, 3.63) is 71.1 Å². The van der Waals surface area contributed by atoms with Gasteiger partial charge in [0.2, 0.25) is 11.6 Å². The van der Waals surface area contributed by atoms with Crippen LogP contribution >= 0.6 is 0 Å².